The Balaban J connectivity index is 2.76. The lowest BCUT2D eigenvalue weighted by Crippen LogP contribution is -2.43. The lowest BCUT2D eigenvalue weighted by atomic mass is 10.0. The Morgan fingerprint density at radius 2 is 1.61 bits per heavy atom. The van der Waals surface area contributed by atoms with Crippen LogP contribution in [0.4, 0.5) is 13.2 Å². The molecule has 0 saturated carbocycles. The van der Waals surface area contributed by atoms with E-state index in [0.29, 0.717) is 6.54 Å². The summed E-state index contributed by atoms with van der Waals surface area (Å²) >= 11 is 0. The second kappa shape index (κ2) is 5.28. The summed E-state index contributed by atoms with van der Waals surface area (Å²) in [5.41, 5.74) is -0.259. The van der Waals surface area contributed by atoms with Gasteiger partial charge in [-0.3, -0.25) is 4.90 Å². The standard InChI is InChI=1S/C13H18F3NO/c1-12(2,9-18)17(3)8-10-4-6-11(7-5-10)13(14,15)16/h4-7,18H,8-9H2,1-3H3. The van der Waals surface area contributed by atoms with Crippen LogP contribution >= 0.6 is 0 Å². The average molecular weight is 261 g/mol. The SMILES string of the molecule is CN(Cc1ccc(C(F)(F)F)cc1)C(C)(C)CO. The maximum atomic E-state index is 12.4. The fraction of sp³-hybridized carbons (Fsp3) is 0.538. The maximum Gasteiger partial charge on any atom is 0.416 e. The molecule has 1 rings (SSSR count). The first-order chi connectivity index (χ1) is 8.16. The number of rotatable bonds is 4. The van der Waals surface area contributed by atoms with Gasteiger partial charge >= 0.3 is 6.18 Å². The molecular formula is C13H18F3NO. The van der Waals surface area contributed by atoms with Crippen LogP contribution in [-0.2, 0) is 12.7 Å². The second-order valence-corrected chi connectivity index (χ2v) is 5.02. The largest absolute Gasteiger partial charge is 0.416 e. The number of hydrogen-bond acceptors (Lipinski definition) is 2. The zero-order valence-corrected chi connectivity index (χ0v) is 10.8. The highest BCUT2D eigenvalue weighted by molar-refractivity contribution is 5.24. The van der Waals surface area contributed by atoms with Crippen LogP contribution in [0.15, 0.2) is 24.3 Å². The Hall–Kier alpha value is -1.07. The molecule has 0 heterocycles. The van der Waals surface area contributed by atoms with Crippen LogP contribution in [0.3, 0.4) is 0 Å². The fourth-order valence-electron chi connectivity index (χ4n) is 1.41. The van der Waals surface area contributed by atoms with Crippen molar-refractivity contribution in [2.75, 3.05) is 13.7 Å². The first-order valence-electron chi connectivity index (χ1n) is 5.65. The number of aliphatic hydroxyl groups is 1. The van der Waals surface area contributed by atoms with Crippen LogP contribution in [0.5, 0.6) is 0 Å². The van der Waals surface area contributed by atoms with Crippen LogP contribution in [0.25, 0.3) is 0 Å². The molecule has 0 aliphatic heterocycles. The summed E-state index contributed by atoms with van der Waals surface area (Å²) < 4.78 is 37.1. The molecule has 0 aliphatic rings. The molecule has 0 amide bonds. The van der Waals surface area contributed by atoms with Gasteiger partial charge in [-0.15, -0.1) is 0 Å². The topological polar surface area (TPSA) is 23.5 Å². The third-order valence-corrected chi connectivity index (χ3v) is 3.12. The summed E-state index contributed by atoms with van der Waals surface area (Å²) in [7, 11) is 1.83. The van der Waals surface area contributed by atoms with Crippen molar-refractivity contribution in [1.29, 1.82) is 0 Å². The molecule has 102 valence electrons. The van der Waals surface area contributed by atoms with Gasteiger partial charge in [0.05, 0.1) is 12.2 Å². The summed E-state index contributed by atoms with van der Waals surface area (Å²) in [5, 5.41) is 9.20. The number of halogens is 3. The quantitative estimate of drug-likeness (QED) is 0.900. The van der Waals surface area contributed by atoms with Crippen molar-refractivity contribution in [3.8, 4) is 0 Å². The van der Waals surface area contributed by atoms with Crippen molar-refractivity contribution in [3.05, 3.63) is 35.4 Å². The van der Waals surface area contributed by atoms with Gasteiger partial charge in [0.25, 0.3) is 0 Å². The number of aliphatic hydroxyl groups excluding tert-OH is 1. The molecule has 0 aromatic heterocycles. The Morgan fingerprint density at radius 1 is 1.11 bits per heavy atom. The Labute approximate surface area is 105 Å². The van der Waals surface area contributed by atoms with Crippen LogP contribution in [0, 0.1) is 0 Å². The first kappa shape index (κ1) is 15.0. The van der Waals surface area contributed by atoms with Crippen LogP contribution in [0.1, 0.15) is 25.0 Å². The minimum absolute atomic E-state index is 0.00979. The molecule has 2 nitrogen and oxygen atoms in total. The molecule has 0 saturated heterocycles. The molecule has 0 atom stereocenters. The molecule has 1 aromatic carbocycles. The molecule has 0 bridgehead atoms. The summed E-state index contributed by atoms with van der Waals surface area (Å²) in [6, 6.07) is 5.09. The monoisotopic (exact) mass is 261 g/mol. The lowest BCUT2D eigenvalue weighted by Gasteiger charge is -2.33. The Kier molecular flexibility index (Phi) is 4.40. The lowest BCUT2D eigenvalue weighted by molar-refractivity contribution is -0.137. The average Bonchev–Trinajstić information content (AvgIpc) is 2.28. The Morgan fingerprint density at radius 3 is 2.00 bits per heavy atom. The second-order valence-electron chi connectivity index (χ2n) is 5.02. The van der Waals surface area contributed by atoms with Crippen molar-refractivity contribution in [1.82, 2.24) is 4.90 Å². The van der Waals surface area contributed by atoms with E-state index in [9.17, 15) is 18.3 Å². The predicted octanol–water partition coefficient (Wildman–Crippen LogP) is 2.91. The van der Waals surface area contributed by atoms with Gasteiger partial charge in [-0.2, -0.15) is 13.2 Å². The molecular weight excluding hydrogens is 243 g/mol. The highest BCUT2D eigenvalue weighted by Gasteiger charge is 2.30. The van der Waals surface area contributed by atoms with E-state index < -0.39 is 17.3 Å². The zero-order valence-electron chi connectivity index (χ0n) is 10.8. The number of benzene rings is 1. The van der Waals surface area contributed by atoms with Gasteiger partial charge in [0, 0.05) is 12.1 Å². The van der Waals surface area contributed by atoms with Gasteiger partial charge in [-0.25, -0.2) is 0 Å². The van der Waals surface area contributed by atoms with E-state index in [4.69, 9.17) is 0 Å². The van der Waals surface area contributed by atoms with E-state index in [1.165, 1.54) is 12.1 Å². The van der Waals surface area contributed by atoms with E-state index in [0.717, 1.165) is 17.7 Å². The van der Waals surface area contributed by atoms with Crippen molar-refractivity contribution in [2.24, 2.45) is 0 Å². The summed E-state index contributed by atoms with van der Waals surface area (Å²) in [4.78, 5) is 1.90. The van der Waals surface area contributed by atoms with Crippen LogP contribution < -0.4 is 0 Å². The molecule has 1 N–H and O–H groups in total. The minimum Gasteiger partial charge on any atom is -0.394 e. The van der Waals surface area contributed by atoms with Gasteiger partial charge < -0.3 is 5.11 Å². The molecule has 0 spiro atoms. The van der Waals surface area contributed by atoms with Gasteiger partial charge in [0.2, 0.25) is 0 Å². The maximum absolute atomic E-state index is 12.4. The number of nitrogens with zero attached hydrogens (tertiary/aromatic N) is 1. The number of alkyl halides is 3. The summed E-state index contributed by atoms with van der Waals surface area (Å²) in [6.45, 7) is 4.23. The van der Waals surface area contributed by atoms with Gasteiger partial charge in [-0.1, -0.05) is 12.1 Å². The molecule has 18 heavy (non-hydrogen) atoms. The highest BCUT2D eigenvalue weighted by Crippen LogP contribution is 2.29. The number of hydrogen-bond donors (Lipinski definition) is 1. The smallest absolute Gasteiger partial charge is 0.394 e. The molecule has 0 aliphatic carbocycles. The van der Waals surface area contributed by atoms with Gasteiger partial charge in [0.15, 0.2) is 0 Å². The van der Waals surface area contributed by atoms with Crippen molar-refractivity contribution >= 4 is 0 Å². The van der Waals surface area contributed by atoms with E-state index in [1.54, 1.807) is 0 Å². The molecule has 0 unspecified atom stereocenters. The van der Waals surface area contributed by atoms with Gasteiger partial charge in [-0.05, 0) is 38.6 Å². The fourth-order valence-corrected chi connectivity index (χ4v) is 1.41. The number of likely N-dealkylation sites (N-methyl/N-ethyl adjacent to an activating group) is 1. The zero-order chi connectivity index (χ0) is 14.0. The third kappa shape index (κ3) is 3.71. The van der Waals surface area contributed by atoms with E-state index in [-0.39, 0.29) is 6.61 Å². The van der Waals surface area contributed by atoms with Crippen molar-refractivity contribution in [2.45, 2.75) is 32.1 Å². The Bertz CT molecular complexity index is 384. The van der Waals surface area contributed by atoms with Crippen LogP contribution in [-0.4, -0.2) is 29.2 Å². The summed E-state index contributed by atoms with van der Waals surface area (Å²) in [6.07, 6.45) is -4.30. The van der Waals surface area contributed by atoms with E-state index in [2.05, 4.69) is 0 Å². The van der Waals surface area contributed by atoms with Crippen molar-refractivity contribution in [3.63, 3.8) is 0 Å². The third-order valence-electron chi connectivity index (χ3n) is 3.12. The van der Waals surface area contributed by atoms with Crippen LogP contribution in [0.2, 0.25) is 0 Å². The van der Waals surface area contributed by atoms with Crippen molar-refractivity contribution < 1.29 is 18.3 Å². The summed E-state index contributed by atoms with van der Waals surface area (Å²) in [5.74, 6) is 0. The normalized spacial score (nSPS) is 13.1. The van der Waals surface area contributed by atoms with E-state index >= 15 is 0 Å². The van der Waals surface area contributed by atoms with E-state index in [1.807, 2.05) is 25.8 Å². The molecule has 0 fully saturated rings. The van der Waals surface area contributed by atoms with Gasteiger partial charge in [0.1, 0.15) is 0 Å². The predicted molar refractivity (Wildman–Crippen MR) is 64.1 cm³/mol. The molecule has 0 radical (unpaired) electrons. The minimum atomic E-state index is -4.30. The first-order valence-corrected chi connectivity index (χ1v) is 5.65. The molecule has 5 heteroatoms. The highest BCUT2D eigenvalue weighted by atomic mass is 19.4. The molecule has 1 aromatic rings.